The van der Waals surface area contributed by atoms with E-state index in [1.165, 1.54) is 8.47 Å². The molecule has 1 amide bonds. The summed E-state index contributed by atoms with van der Waals surface area (Å²) in [6, 6.07) is 15.8. The lowest BCUT2D eigenvalue weighted by Crippen LogP contribution is -2.25. The van der Waals surface area contributed by atoms with Crippen LogP contribution in [0.3, 0.4) is 0 Å². The van der Waals surface area contributed by atoms with Gasteiger partial charge in [-0.05, 0) is 76.3 Å². The largest absolute Gasteiger partial charge is 0.489 e. The molecule has 0 aliphatic carbocycles. The zero-order chi connectivity index (χ0) is 17.1. The number of halogens is 1. The first-order valence-electron chi connectivity index (χ1n) is 7.31. The molecule has 3 rings (SSSR count). The van der Waals surface area contributed by atoms with Gasteiger partial charge >= 0.3 is 0 Å². The van der Waals surface area contributed by atoms with Crippen molar-refractivity contribution >= 4 is 51.9 Å². The quantitative estimate of drug-likeness (QED) is 0.440. The fourth-order valence-corrected chi connectivity index (χ4v) is 2.75. The molecule has 122 valence electrons. The van der Waals surface area contributed by atoms with Gasteiger partial charge in [0, 0.05) is 10.6 Å². The standard InChI is InChI=1S/C18H15IN2O2S/c1-21-17(22)16(20-18(21)24)10-12-4-8-15(9-5-12)23-11-13-2-6-14(19)7-3-13/h2-10H,11H2,1H3,(H,20,24)/b16-10-. The van der Waals surface area contributed by atoms with Crippen LogP contribution in [-0.4, -0.2) is 23.0 Å². The summed E-state index contributed by atoms with van der Waals surface area (Å²) in [5, 5.41) is 3.32. The summed E-state index contributed by atoms with van der Waals surface area (Å²) in [6.07, 6.45) is 1.78. The Kier molecular flexibility index (Phi) is 5.15. The molecule has 6 heteroatoms. The number of carbonyl (C=O) groups is 1. The van der Waals surface area contributed by atoms with Crippen LogP contribution in [0, 0.1) is 3.57 Å². The third-order valence-corrected chi connectivity index (χ3v) is 4.69. The fraction of sp³-hybridized carbons (Fsp3) is 0.111. The summed E-state index contributed by atoms with van der Waals surface area (Å²) in [7, 11) is 1.65. The van der Waals surface area contributed by atoms with Crippen LogP contribution in [-0.2, 0) is 11.4 Å². The van der Waals surface area contributed by atoms with Crippen molar-refractivity contribution in [3.63, 3.8) is 0 Å². The first kappa shape index (κ1) is 16.9. The average molecular weight is 450 g/mol. The number of nitrogens with one attached hydrogen (secondary N) is 1. The Morgan fingerprint density at radius 3 is 2.42 bits per heavy atom. The number of hydrogen-bond acceptors (Lipinski definition) is 3. The molecule has 0 bridgehead atoms. The van der Waals surface area contributed by atoms with Gasteiger partial charge in [-0.1, -0.05) is 24.3 Å². The molecule has 0 spiro atoms. The second-order valence-electron chi connectivity index (χ2n) is 5.34. The number of carbonyl (C=O) groups excluding carboxylic acids is 1. The van der Waals surface area contributed by atoms with Gasteiger partial charge in [-0.3, -0.25) is 9.69 Å². The summed E-state index contributed by atoms with van der Waals surface area (Å²) in [5.41, 5.74) is 2.51. The van der Waals surface area contributed by atoms with E-state index in [-0.39, 0.29) is 5.91 Å². The van der Waals surface area contributed by atoms with Crippen LogP contribution in [0.5, 0.6) is 5.75 Å². The number of amides is 1. The van der Waals surface area contributed by atoms with Gasteiger partial charge < -0.3 is 10.1 Å². The van der Waals surface area contributed by atoms with Gasteiger partial charge in [-0.2, -0.15) is 0 Å². The first-order valence-corrected chi connectivity index (χ1v) is 8.80. The lowest BCUT2D eigenvalue weighted by atomic mass is 10.2. The Morgan fingerprint density at radius 2 is 1.83 bits per heavy atom. The molecule has 2 aromatic carbocycles. The third kappa shape index (κ3) is 3.93. The molecule has 1 heterocycles. The van der Waals surface area contributed by atoms with E-state index in [9.17, 15) is 4.79 Å². The summed E-state index contributed by atoms with van der Waals surface area (Å²) < 4.78 is 6.98. The van der Waals surface area contributed by atoms with E-state index in [0.717, 1.165) is 16.9 Å². The number of rotatable bonds is 4. The Balaban J connectivity index is 1.64. The Bertz CT molecular complexity index is 801. The van der Waals surface area contributed by atoms with Gasteiger partial charge in [0.1, 0.15) is 18.1 Å². The summed E-state index contributed by atoms with van der Waals surface area (Å²) in [4.78, 5) is 13.4. The van der Waals surface area contributed by atoms with E-state index >= 15 is 0 Å². The lowest BCUT2D eigenvalue weighted by Gasteiger charge is -2.07. The number of benzene rings is 2. The second kappa shape index (κ2) is 7.31. The van der Waals surface area contributed by atoms with E-state index in [4.69, 9.17) is 17.0 Å². The van der Waals surface area contributed by atoms with Crippen LogP contribution in [0.1, 0.15) is 11.1 Å². The molecule has 0 atom stereocenters. The van der Waals surface area contributed by atoms with E-state index in [2.05, 4.69) is 52.2 Å². The monoisotopic (exact) mass is 450 g/mol. The van der Waals surface area contributed by atoms with Crippen LogP contribution in [0.2, 0.25) is 0 Å². The molecule has 1 aliphatic rings. The third-order valence-electron chi connectivity index (χ3n) is 3.59. The van der Waals surface area contributed by atoms with Crippen LogP contribution in [0.25, 0.3) is 6.08 Å². The molecule has 1 saturated heterocycles. The Morgan fingerprint density at radius 1 is 1.17 bits per heavy atom. The molecule has 1 aliphatic heterocycles. The molecule has 1 fully saturated rings. The van der Waals surface area contributed by atoms with Crippen LogP contribution < -0.4 is 10.1 Å². The number of likely N-dealkylation sites (N-methyl/N-ethyl adjacent to an activating group) is 1. The highest BCUT2D eigenvalue weighted by Crippen LogP contribution is 2.18. The zero-order valence-electron chi connectivity index (χ0n) is 13.0. The van der Waals surface area contributed by atoms with Crippen LogP contribution in [0.4, 0.5) is 0 Å². The highest BCUT2D eigenvalue weighted by atomic mass is 127. The highest BCUT2D eigenvalue weighted by molar-refractivity contribution is 14.1. The lowest BCUT2D eigenvalue weighted by molar-refractivity contribution is -0.121. The molecule has 0 radical (unpaired) electrons. The van der Waals surface area contributed by atoms with Crippen LogP contribution >= 0.6 is 34.8 Å². The molecule has 4 nitrogen and oxygen atoms in total. The van der Waals surface area contributed by atoms with Crippen molar-refractivity contribution in [1.29, 1.82) is 0 Å². The van der Waals surface area contributed by atoms with Crippen molar-refractivity contribution in [3.05, 3.63) is 68.9 Å². The van der Waals surface area contributed by atoms with Gasteiger partial charge in [0.15, 0.2) is 5.11 Å². The van der Waals surface area contributed by atoms with Gasteiger partial charge in [0.25, 0.3) is 5.91 Å². The van der Waals surface area contributed by atoms with Crippen molar-refractivity contribution in [2.45, 2.75) is 6.61 Å². The number of ether oxygens (including phenoxy) is 1. The van der Waals surface area contributed by atoms with Crippen molar-refractivity contribution in [2.75, 3.05) is 7.05 Å². The predicted molar refractivity (Wildman–Crippen MR) is 106 cm³/mol. The minimum absolute atomic E-state index is 0.126. The normalized spacial score (nSPS) is 15.8. The maximum atomic E-state index is 12.0. The zero-order valence-corrected chi connectivity index (χ0v) is 15.9. The van der Waals surface area contributed by atoms with Crippen molar-refractivity contribution < 1.29 is 9.53 Å². The SMILES string of the molecule is CN1C(=O)/C(=C/c2ccc(OCc3ccc(I)cc3)cc2)NC1=S. The summed E-state index contributed by atoms with van der Waals surface area (Å²) >= 11 is 7.33. The van der Waals surface area contributed by atoms with Crippen molar-refractivity contribution in [2.24, 2.45) is 0 Å². The smallest absolute Gasteiger partial charge is 0.276 e. The molecule has 2 aromatic rings. The molecule has 1 N–H and O–H groups in total. The Labute approximate surface area is 159 Å². The summed E-state index contributed by atoms with van der Waals surface area (Å²) in [5.74, 6) is 0.660. The molecule has 0 saturated carbocycles. The van der Waals surface area contributed by atoms with Gasteiger partial charge in [-0.25, -0.2) is 0 Å². The summed E-state index contributed by atoms with van der Waals surface area (Å²) in [6.45, 7) is 0.524. The van der Waals surface area contributed by atoms with Gasteiger partial charge in [-0.15, -0.1) is 0 Å². The van der Waals surface area contributed by atoms with E-state index < -0.39 is 0 Å². The van der Waals surface area contributed by atoms with E-state index in [1.54, 1.807) is 13.1 Å². The van der Waals surface area contributed by atoms with E-state index in [1.807, 2.05) is 24.3 Å². The number of thiocarbonyl (C=S) groups is 1. The van der Waals surface area contributed by atoms with Gasteiger partial charge in [0.2, 0.25) is 0 Å². The first-order chi connectivity index (χ1) is 11.5. The molecule has 24 heavy (non-hydrogen) atoms. The maximum absolute atomic E-state index is 12.0. The molecule has 0 aromatic heterocycles. The Hall–Kier alpha value is -1.93. The predicted octanol–water partition coefficient (Wildman–Crippen LogP) is 3.56. The number of hydrogen-bond donors (Lipinski definition) is 1. The maximum Gasteiger partial charge on any atom is 0.276 e. The highest BCUT2D eigenvalue weighted by Gasteiger charge is 2.26. The van der Waals surface area contributed by atoms with Crippen molar-refractivity contribution in [1.82, 2.24) is 10.2 Å². The van der Waals surface area contributed by atoms with Crippen molar-refractivity contribution in [3.8, 4) is 5.75 Å². The molecular formula is C18H15IN2O2S. The topological polar surface area (TPSA) is 41.6 Å². The molecule has 0 unspecified atom stereocenters. The number of nitrogens with zero attached hydrogens (tertiary/aromatic N) is 1. The van der Waals surface area contributed by atoms with E-state index in [0.29, 0.717) is 17.4 Å². The van der Waals surface area contributed by atoms with Crippen LogP contribution in [0.15, 0.2) is 54.2 Å². The fourth-order valence-electron chi connectivity index (χ4n) is 2.20. The van der Waals surface area contributed by atoms with Gasteiger partial charge in [0.05, 0.1) is 0 Å². The minimum atomic E-state index is -0.126. The minimum Gasteiger partial charge on any atom is -0.489 e. The average Bonchev–Trinajstić information content (AvgIpc) is 2.83. The second-order valence-corrected chi connectivity index (χ2v) is 6.97. The molecular weight excluding hydrogens is 435 g/mol.